The minimum Gasteiger partial charge on any atom is -0.480 e. The molecule has 3 N–H and O–H groups in total. The number of carboxylic acid groups (broad SMARTS) is 1. The summed E-state index contributed by atoms with van der Waals surface area (Å²) in [6.45, 7) is 0. The molecule has 9 heavy (non-hydrogen) atoms. The zero-order valence-corrected chi connectivity index (χ0v) is 5.47. The first-order chi connectivity index (χ1) is 4.04. The van der Waals surface area contributed by atoms with E-state index >= 15 is 0 Å². The molecule has 0 saturated carbocycles. The van der Waals surface area contributed by atoms with Gasteiger partial charge in [-0.25, -0.2) is 0 Å². The standard InChI is InChI=1S/C4H7NO3S/c5-3(6)1-2(9)4(7)8/h2,9H,1H2,(H2,5,6)(H,7,8)/t2-/m0/s1. The molecule has 4 nitrogen and oxygen atoms in total. The fourth-order valence-electron chi connectivity index (χ4n) is 0.278. The number of hydrogen-bond donors (Lipinski definition) is 3. The average Bonchev–Trinajstić information content (AvgIpc) is 1.63. The Morgan fingerprint density at radius 3 is 2.22 bits per heavy atom. The van der Waals surface area contributed by atoms with Gasteiger partial charge >= 0.3 is 5.97 Å². The second-order valence-corrected chi connectivity index (χ2v) is 2.15. The van der Waals surface area contributed by atoms with Gasteiger partial charge in [-0.2, -0.15) is 12.6 Å². The monoisotopic (exact) mass is 149 g/mol. The van der Waals surface area contributed by atoms with Crippen LogP contribution in [-0.2, 0) is 9.59 Å². The third-order valence-electron chi connectivity index (χ3n) is 0.680. The minimum absolute atomic E-state index is 0.224. The normalized spacial score (nSPS) is 12.6. The summed E-state index contributed by atoms with van der Waals surface area (Å²) in [4.78, 5) is 20.0. The van der Waals surface area contributed by atoms with Gasteiger partial charge in [0.15, 0.2) is 0 Å². The van der Waals surface area contributed by atoms with Gasteiger partial charge < -0.3 is 10.8 Å². The number of hydrogen-bond acceptors (Lipinski definition) is 3. The number of rotatable bonds is 3. The highest BCUT2D eigenvalue weighted by atomic mass is 32.1. The summed E-state index contributed by atoms with van der Waals surface area (Å²) in [5.41, 5.74) is 4.68. The van der Waals surface area contributed by atoms with Gasteiger partial charge in [0.1, 0.15) is 5.25 Å². The van der Waals surface area contributed by atoms with Crippen LogP contribution in [0, 0.1) is 0 Å². The number of aliphatic carboxylic acids is 1. The van der Waals surface area contributed by atoms with E-state index in [2.05, 4.69) is 18.4 Å². The Hall–Kier alpha value is -0.710. The Morgan fingerprint density at radius 1 is 1.67 bits per heavy atom. The van der Waals surface area contributed by atoms with E-state index in [1.807, 2.05) is 0 Å². The molecule has 0 aliphatic carbocycles. The van der Waals surface area contributed by atoms with Gasteiger partial charge in [0, 0.05) is 6.42 Å². The molecule has 0 heterocycles. The van der Waals surface area contributed by atoms with E-state index in [0.717, 1.165) is 0 Å². The summed E-state index contributed by atoms with van der Waals surface area (Å²) in [7, 11) is 0. The van der Waals surface area contributed by atoms with Crippen molar-refractivity contribution in [1.29, 1.82) is 0 Å². The average molecular weight is 149 g/mol. The number of carboxylic acids is 1. The Morgan fingerprint density at radius 2 is 2.11 bits per heavy atom. The lowest BCUT2D eigenvalue weighted by Crippen LogP contribution is -2.22. The molecule has 0 fully saturated rings. The molecule has 0 aliphatic heterocycles. The lowest BCUT2D eigenvalue weighted by molar-refractivity contribution is -0.137. The number of amides is 1. The highest BCUT2D eigenvalue weighted by molar-refractivity contribution is 7.81. The predicted octanol–water partition coefficient (Wildman–Crippen LogP) is -0.755. The second-order valence-electron chi connectivity index (χ2n) is 1.52. The molecule has 0 aromatic heterocycles. The predicted molar refractivity (Wildman–Crippen MR) is 34.2 cm³/mol. The minimum atomic E-state index is -1.13. The van der Waals surface area contributed by atoms with Gasteiger partial charge in [-0.3, -0.25) is 9.59 Å². The summed E-state index contributed by atoms with van der Waals surface area (Å²) in [6.07, 6.45) is -0.224. The molecule has 0 spiro atoms. The van der Waals surface area contributed by atoms with Gasteiger partial charge in [-0.1, -0.05) is 0 Å². The Kier molecular flexibility index (Phi) is 3.08. The quantitative estimate of drug-likeness (QED) is 0.461. The SMILES string of the molecule is NC(=O)C[C@H](S)C(=O)O. The fourth-order valence-corrected chi connectivity index (χ4v) is 0.458. The molecule has 0 saturated heterocycles. The number of carbonyl (C=O) groups is 2. The lowest BCUT2D eigenvalue weighted by Gasteiger charge is -1.98. The smallest absolute Gasteiger partial charge is 0.316 e. The summed E-state index contributed by atoms with van der Waals surface area (Å²) in [6, 6.07) is 0. The van der Waals surface area contributed by atoms with Gasteiger partial charge in [0.25, 0.3) is 0 Å². The van der Waals surface area contributed by atoms with Crippen molar-refractivity contribution in [2.24, 2.45) is 5.73 Å². The Balaban J connectivity index is 3.63. The molecule has 1 atom stereocenters. The molecule has 0 aromatic rings. The molecule has 0 radical (unpaired) electrons. The van der Waals surface area contributed by atoms with E-state index in [-0.39, 0.29) is 6.42 Å². The number of nitrogens with two attached hydrogens (primary N) is 1. The summed E-state index contributed by atoms with van der Waals surface area (Å²) in [5, 5.41) is 7.18. The molecular formula is C4H7NO3S. The molecular weight excluding hydrogens is 142 g/mol. The van der Waals surface area contributed by atoms with Crippen molar-refractivity contribution >= 4 is 24.5 Å². The summed E-state index contributed by atoms with van der Waals surface area (Å²) < 4.78 is 0. The van der Waals surface area contributed by atoms with Crippen molar-refractivity contribution in [2.75, 3.05) is 0 Å². The van der Waals surface area contributed by atoms with E-state index in [1.165, 1.54) is 0 Å². The van der Waals surface area contributed by atoms with Crippen LogP contribution in [0.25, 0.3) is 0 Å². The van der Waals surface area contributed by atoms with Crippen LogP contribution in [-0.4, -0.2) is 22.2 Å². The van der Waals surface area contributed by atoms with Crippen LogP contribution in [0.15, 0.2) is 0 Å². The van der Waals surface area contributed by atoms with Gasteiger partial charge in [-0.15, -0.1) is 0 Å². The zero-order chi connectivity index (χ0) is 7.44. The van der Waals surface area contributed by atoms with E-state index in [9.17, 15) is 9.59 Å². The highest BCUT2D eigenvalue weighted by Gasteiger charge is 2.13. The first kappa shape index (κ1) is 8.29. The topological polar surface area (TPSA) is 80.4 Å². The summed E-state index contributed by atoms with van der Waals surface area (Å²) >= 11 is 3.56. The number of primary amides is 1. The van der Waals surface area contributed by atoms with Crippen molar-refractivity contribution < 1.29 is 14.7 Å². The van der Waals surface area contributed by atoms with Gasteiger partial charge in [-0.05, 0) is 0 Å². The van der Waals surface area contributed by atoms with Crippen LogP contribution in [0.3, 0.4) is 0 Å². The molecule has 0 aromatic carbocycles. The van der Waals surface area contributed by atoms with Crippen LogP contribution in [0.5, 0.6) is 0 Å². The third-order valence-corrected chi connectivity index (χ3v) is 1.08. The van der Waals surface area contributed by atoms with Crippen LogP contribution >= 0.6 is 12.6 Å². The van der Waals surface area contributed by atoms with E-state index in [0.29, 0.717) is 0 Å². The first-order valence-corrected chi connectivity index (χ1v) is 2.75. The number of thiol groups is 1. The molecule has 0 rings (SSSR count). The van der Waals surface area contributed by atoms with Gasteiger partial charge in [0.2, 0.25) is 5.91 Å². The van der Waals surface area contributed by atoms with Crippen molar-refractivity contribution in [2.45, 2.75) is 11.7 Å². The molecule has 0 bridgehead atoms. The van der Waals surface area contributed by atoms with Crippen LogP contribution in [0.2, 0.25) is 0 Å². The van der Waals surface area contributed by atoms with E-state index < -0.39 is 17.1 Å². The maximum atomic E-state index is 10.0. The Bertz CT molecular complexity index is 136. The largest absolute Gasteiger partial charge is 0.480 e. The second kappa shape index (κ2) is 3.34. The summed E-state index contributed by atoms with van der Waals surface area (Å²) in [5.74, 6) is -1.78. The molecule has 52 valence electrons. The van der Waals surface area contributed by atoms with Crippen LogP contribution in [0.4, 0.5) is 0 Å². The van der Waals surface area contributed by atoms with Crippen molar-refractivity contribution in [3.05, 3.63) is 0 Å². The van der Waals surface area contributed by atoms with Crippen molar-refractivity contribution in [3.63, 3.8) is 0 Å². The molecule has 0 aliphatic rings. The molecule has 0 unspecified atom stereocenters. The number of carbonyl (C=O) groups excluding carboxylic acids is 1. The van der Waals surface area contributed by atoms with Crippen molar-refractivity contribution in [1.82, 2.24) is 0 Å². The van der Waals surface area contributed by atoms with Gasteiger partial charge in [0.05, 0.1) is 0 Å². The van der Waals surface area contributed by atoms with Crippen LogP contribution in [0.1, 0.15) is 6.42 Å². The molecule has 5 heteroatoms. The van der Waals surface area contributed by atoms with E-state index in [1.54, 1.807) is 0 Å². The van der Waals surface area contributed by atoms with Crippen LogP contribution < -0.4 is 5.73 Å². The fraction of sp³-hybridized carbons (Fsp3) is 0.500. The Labute approximate surface area is 57.4 Å². The highest BCUT2D eigenvalue weighted by Crippen LogP contribution is 1.98. The zero-order valence-electron chi connectivity index (χ0n) is 4.57. The van der Waals surface area contributed by atoms with E-state index in [4.69, 9.17) is 5.11 Å². The first-order valence-electron chi connectivity index (χ1n) is 2.23. The maximum absolute atomic E-state index is 10.0. The van der Waals surface area contributed by atoms with Crippen molar-refractivity contribution in [3.8, 4) is 0 Å². The molecule has 1 amide bonds. The third kappa shape index (κ3) is 3.84. The maximum Gasteiger partial charge on any atom is 0.316 e. The lowest BCUT2D eigenvalue weighted by atomic mass is 10.3.